The number of nitrogens with zero attached hydrogens (tertiary/aromatic N) is 1. The molecule has 0 saturated heterocycles. The smallest absolute Gasteiger partial charge is 0.262 e. The maximum absolute atomic E-state index is 13.3. The van der Waals surface area contributed by atoms with Crippen molar-refractivity contribution in [3.63, 3.8) is 0 Å². The number of nitriles is 1. The number of ether oxygens (including phenoxy) is 1. The summed E-state index contributed by atoms with van der Waals surface area (Å²) in [7, 11) is 0. The molecule has 5 heteroatoms. The number of hydrogen-bond donors (Lipinski definition) is 1. The highest BCUT2D eigenvalue weighted by molar-refractivity contribution is 5.93. The summed E-state index contributed by atoms with van der Waals surface area (Å²) < 4.78 is 18.4. The molecular formula is C15H11FN2O2. The van der Waals surface area contributed by atoms with Crippen LogP contribution < -0.4 is 10.1 Å². The minimum Gasteiger partial charge on any atom is -0.481 e. The lowest BCUT2D eigenvalue weighted by atomic mass is 10.2. The van der Waals surface area contributed by atoms with Crippen molar-refractivity contribution in [3.05, 3.63) is 59.9 Å². The molecular weight excluding hydrogens is 259 g/mol. The standard InChI is InChI=1S/C15H11FN2O2/c16-12-6-2-4-8-14(12)20-10-15(19)18-13-7-3-1-5-11(13)9-17/h1-8H,10H2,(H,18,19). The first-order chi connectivity index (χ1) is 9.70. The van der Waals surface area contributed by atoms with Gasteiger partial charge in [-0.05, 0) is 24.3 Å². The molecule has 0 aromatic heterocycles. The Balaban J connectivity index is 1.97. The summed E-state index contributed by atoms with van der Waals surface area (Å²) in [5.74, 6) is -0.982. The molecule has 0 bridgehead atoms. The van der Waals surface area contributed by atoms with Crippen LogP contribution in [0.4, 0.5) is 10.1 Å². The van der Waals surface area contributed by atoms with Crippen LogP contribution in [-0.2, 0) is 4.79 Å². The topological polar surface area (TPSA) is 62.1 Å². The average molecular weight is 270 g/mol. The fourth-order valence-corrected chi connectivity index (χ4v) is 1.58. The molecule has 1 N–H and O–H groups in total. The fraction of sp³-hybridized carbons (Fsp3) is 0.0667. The number of carbonyl (C=O) groups excluding carboxylic acids is 1. The first-order valence-electron chi connectivity index (χ1n) is 5.87. The van der Waals surface area contributed by atoms with E-state index in [9.17, 15) is 9.18 Å². The Labute approximate surface area is 115 Å². The molecule has 0 aliphatic carbocycles. The molecule has 0 fully saturated rings. The van der Waals surface area contributed by atoms with Gasteiger partial charge in [-0.1, -0.05) is 24.3 Å². The second-order valence-corrected chi connectivity index (χ2v) is 3.92. The van der Waals surface area contributed by atoms with Gasteiger partial charge in [0.2, 0.25) is 0 Å². The zero-order valence-corrected chi connectivity index (χ0v) is 10.5. The fourth-order valence-electron chi connectivity index (χ4n) is 1.58. The monoisotopic (exact) mass is 270 g/mol. The molecule has 1 amide bonds. The van der Waals surface area contributed by atoms with Gasteiger partial charge in [0.05, 0.1) is 11.3 Å². The number of para-hydroxylation sites is 2. The third-order valence-corrected chi connectivity index (χ3v) is 2.52. The summed E-state index contributed by atoms with van der Waals surface area (Å²) in [5.41, 5.74) is 0.754. The summed E-state index contributed by atoms with van der Waals surface area (Å²) in [6.45, 7) is -0.333. The molecule has 2 aromatic carbocycles. The van der Waals surface area contributed by atoms with Gasteiger partial charge >= 0.3 is 0 Å². The van der Waals surface area contributed by atoms with Crippen molar-refractivity contribution < 1.29 is 13.9 Å². The van der Waals surface area contributed by atoms with Crippen molar-refractivity contribution >= 4 is 11.6 Å². The molecule has 0 unspecified atom stereocenters. The molecule has 2 aromatic rings. The molecule has 0 aliphatic rings. The quantitative estimate of drug-likeness (QED) is 0.929. The Morgan fingerprint density at radius 2 is 1.90 bits per heavy atom. The molecule has 0 aliphatic heterocycles. The van der Waals surface area contributed by atoms with Crippen LogP contribution in [0.25, 0.3) is 0 Å². The Morgan fingerprint density at radius 1 is 1.20 bits per heavy atom. The van der Waals surface area contributed by atoms with Crippen molar-refractivity contribution in [1.29, 1.82) is 5.26 Å². The molecule has 0 atom stereocenters. The van der Waals surface area contributed by atoms with Crippen molar-refractivity contribution in [1.82, 2.24) is 0 Å². The third kappa shape index (κ3) is 3.33. The van der Waals surface area contributed by atoms with E-state index in [4.69, 9.17) is 10.00 Å². The second kappa shape index (κ2) is 6.34. The SMILES string of the molecule is N#Cc1ccccc1NC(=O)COc1ccccc1F. The molecule has 20 heavy (non-hydrogen) atoms. The number of anilines is 1. The summed E-state index contributed by atoms with van der Waals surface area (Å²) in [4.78, 5) is 11.7. The zero-order chi connectivity index (χ0) is 14.4. The third-order valence-electron chi connectivity index (χ3n) is 2.52. The molecule has 0 spiro atoms. The average Bonchev–Trinajstić information content (AvgIpc) is 2.47. The van der Waals surface area contributed by atoms with Gasteiger partial charge < -0.3 is 10.1 Å². The molecule has 2 rings (SSSR count). The number of halogens is 1. The van der Waals surface area contributed by atoms with Gasteiger partial charge in [0.15, 0.2) is 18.2 Å². The van der Waals surface area contributed by atoms with Gasteiger partial charge in [0.1, 0.15) is 6.07 Å². The van der Waals surface area contributed by atoms with E-state index in [1.54, 1.807) is 30.3 Å². The van der Waals surface area contributed by atoms with Crippen LogP contribution in [0.2, 0.25) is 0 Å². The largest absolute Gasteiger partial charge is 0.481 e. The van der Waals surface area contributed by atoms with Crippen LogP contribution in [0.15, 0.2) is 48.5 Å². The Morgan fingerprint density at radius 3 is 2.65 bits per heavy atom. The summed E-state index contributed by atoms with van der Waals surface area (Å²) in [5, 5.41) is 11.4. The van der Waals surface area contributed by atoms with Gasteiger partial charge in [-0.3, -0.25) is 4.79 Å². The zero-order valence-electron chi connectivity index (χ0n) is 10.5. The Bertz CT molecular complexity index is 665. The lowest BCUT2D eigenvalue weighted by molar-refractivity contribution is -0.118. The highest BCUT2D eigenvalue weighted by Gasteiger charge is 2.08. The van der Waals surface area contributed by atoms with E-state index >= 15 is 0 Å². The highest BCUT2D eigenvalue weighted by Crippen LogP contribution is 2.16. The lowest BCUT2D eigenvalue weighted by Crippen LogP contribution is -2.21. The maximum atomic E-state index is 13.3. The normalized spacial score (nSPS) is 9.60. The maximum Gasteiger partial charge on any atom is 0.262 e. The van der Waals surface area contributed by atoms with E-state index < -0.39 is 11.7 Å². The molecule has 0 saturated carbocycles. The predicted molar refractivity (Wildman–Crippen MR) is 71.7 cm³/mol. The van der Waals surface area contributed by atoms with Crippen LogP contribution in [0.1, 0.15) is 5.56 Å². The number of rotatable bonds is 4. The van der Waals surface area contributed by atoms with Gasteiger partial charge in [-0.15, -0.1) is 0 Å². The van der Waals surface area contributed by atoms with Crippen LogP contribution in [-0.4, -0.2) is 12.5 Å². The van der Waals surface area contributed by atoms with Gasteiger partial charge in [-0.2, -0.15) is 5.26 Å². The van der Waals surface area contributed by atoms with E-state index in [0.29, 0.717) is 11.3 Å². The molecule has 0 radical (unpaired) electrons. The van der Waals surface area contributed by atoms with Crippen LogP contribution in [0.5, 0.6) is 5.75 Å². The highest BCUT2D eigenvalue weighted by atomic mass is 19.1. The van der Waals surface area contributed by atoms with E-state index in [1.807, 2.05) is 6.07 Å². The Kier molecular flexibility index (Phi) is 4.30. The first kappa shape index (κ1) is 13.6. The predicted octanol–water partition coefficient (Wildman–Crippen LogP) is 2.71. The molecule has 0 heterocycles. The minimum atomic E-state index is -0.530. The number of nitrogens with one attached hydrogen (secondary N) is 1. The Hall–Kier alpha value is -2.87. The second-order valence-electron chi connectivity index (χ2n) is 3.92. The van der Waals surface area contributed by atoms with Gasteiger partial charge in [-0.25, -0.2) is 4.39 Å². The van der Waals surface area contributed by atoms with E-state index in [2.05, 4.69) is 5.32 Å². The van der Waals surface area contributed by atoms with Crippen LogP contribution in [0.3, 0.4) is 0 Å². The summed E-state index contributed by atoms with van der Waals surface area (Å²) in [6.07, 6.45) is 0. The number of carbonyl (C=O) groups is 1. The van der Waals surface area contributed by atoms with E-state index in [0.717, 1.165) is 0 Å². The van der Waals surface area contributed by atoms with Crippen LogP contribution in [0, 0.1) is 17.1 Å². The summed E-state index contributed by atoms with van der Waals surface area (Å²) >= 11 is 0. The van der Waals surface area contributed by atoms with Crippen molar-refractivity contribution in [3.8, 4) is 11.8 Å². The van der Waals surface area contributed by atoms with Crippen molar-refractivity contribution in [2.45, 2.75) is 0 Å². The van der Waals surface area contributed by atoms with E-state index in [-0.39, 0.29) is 12.4 Å². The minimum absolute atomic E-state index is 0.0104. The van der Waals surface area contributed by atoms with Crippen LogP contribution >= 0.6 is 0 Å². The lowest BCUT2D eigenvalue weighted by Gasteiger charge is -2.08. The summed E-state index contributed by atoms with van der Waals surface area (Å²) in [6, 6.07) is 14.4. The number of benzene rings is 2. The van der Waals surface area contributed by atoms with E-state index in [1.165, 1.54) is 18.2 Å². The first-order valence-corrected chi connectivity index (χ1v) is 5.87. The molecule has 100 valence electrons. The van der Waals surface area contributed by atoms with Gasteiger partial charge in [0, 0.05) is 0 Å². The number of hydrogen-bond acceptors (Lipinski definition) is 3. The van der Waals surface area contributed by atoms with Crippen molar-refractivity contribution in [2.24, 2.45) is 0 Å². The molecule has 4 nitrogen and oxygen atoms in total. The van der Waals surface area contributed by atoms with Gasteiger partial charge in [0.25, 0.3) is 5.91 Å². The van der Waals surface area contributed by atoms with Crippen molar-refractivity contribution in [2.75, 3.05) is 11.9 Å². The number of amides is 1.